The van der Waals surface area contributed by atoms with Crippen LogP contribution in [-0.4, -0.2) is 24.4 Å². The molecule has 1 saturated heterocycles. The van der Waals surface area contributed by atoms with Crippen molar-refractivity contribution in [2.24, 2.45) is 0 Å². The first-order valence-electron chi connectivity index (χ1n) is 7.59. The van der Waals surface area contributed by atoms with Gasteiger partial charge in [-0.1, -0.05) is 29.3 Å². The van der Waals surface area contributed by atoms with Gasteiger partial charge < -0.3 is 10.2 Å². The van der Waals surface area contributed by atoms with E-state index in [0.29, 0.717) is 13.0 Å². The molecule has 2 amide bonds. The van der Waals surface area contributed by atoms with Crippen LogP contribution in [0.15, 0.2) is 42.5 Å². The standard InChI is InChI=1S/C18H16ClFN2O2/c1-11-2-5-13(6-3-11)22-9-8-16(18(22)24)21-17(23)14-7-4-12(20)10-15(14)19/h2-7,10,16H,8-9H2,1H3,(H,21,23)/t16-/m1/s1. The fourth-order valence-electron chi connectivity index (χ4n) is 2.70. The molecule has 24 heavy (non-hydrogen) atoms. The Labute approximate surface area is 144 Å². The van der Waals surface area contributed by atoms with Crippen LogP contribution in [0.3, 0.4) is 0 Å². The SMILES string of the molecule is Cc1ccc(N2CC[C@@H](NC(=O)c3ccc(F)cc3Cl)C2=O)cc1. The zero-order valence-corrected chi connectivity index (χ0v) is 13.8. The number of benzene rings is 2. The smallest absolute Gasteiger partial charge is 0.253 e. The van der Waals surface area contributed by atoms with Gasteiger partial charge in [0.05, 0.1) is 10.6 Å². The van der Waals surface area contributed by atoms with Crippen molar-refractivity contribution in [3.8, 4) is 0 Å². The predicted octanol–water partition coefficient (Wildman–Crippen LogP) is 3.32. The number of aryl methyl sites for hydroxylation is 1. The molecule has 1 N–H and O–H groups in total. The highest BCUT2D eigenvalue weighted by molar-refractivity contribution is 6.33. The van der Waals surface area contributed by atoms with Crippen LogP contribution in [0, 0.1) is 12.7 Å². The average Bonchev–Trinajstić information content (AvgIpc) is 2.89. The van der Waals surface area contributed by atoms with Gasteiger partial charge in [-0.05, 0) is 43.7 Å². The summed E-state index contributed by atoms with van der Waals surface area (Å²) in [5, 5.41) is 2.70. The maximum absolute atomic E-state index is 13.1. The third kappa shape index (κ3) is 3.26. The van der Waals surface area contributed by atoms with Crippen LogP contribution >= 0.6 is 11.6 Å². The number of hydrogen-bond donors (Lipinski definition) is 1. The van der Waals surface area contributed by atoms with E-state index in [-0.39, 0.29) is 16.5 Å². The van der Waals surface area contributed by atoms with Crippen molar-refractivity contribution in [3.05, 3.63) is 64.4 Å². The van der Waals surface area contributed by atoms with Gasteiger partial charge in [0.25, 0.3) is 5.91 Å². The molecule has 1 heterocycles. The van der Waals surface area contributed by atoms with Crippen LogP contribution in [-0.2, 0) is 4.79 Å². The van der Waals surface area contributed by atoms with Crippen LogP contribution in [0.5, 0.6) is 0 Å². The van der Waals surface area contributed by atoms with Crippen molar-refractivity contribution in [1.82, 2.24) is 5.32 Å². The summed E-state index contributed by atoms with van der Waals surface area (Å²) < 4.78 is 13.1. The molecule has 0 bridgehead atoms. The zero-order chi connectivity index (χ0) is 17.3. The summed E-state index contributed by atoms with van der Waals surface area (Å²) in [6, 6.07) is 10.6. The summed E-state index contributed by atoms with van der Waals surface area (Å²) in [4.78, 5) is 26.4. The van der Waals surface area contributed by atoms with Crippen LogP contribution in [0.25, 0.3) is 0 Å². The minimum absolute atomic E-state index is 0.0216. The normalized spacial score (nSPS) is 17.2. The van der Waals surface area contributed by atoms with Gasteiger partial charge in [-0.15, -0.1) is 0 Å². The molecule has 2 aromatic rings. The molecule has 0 aliphatic carbocycles. The van der Waals surface area contributed by atoms with Crippen molar-refractivity contribution in [2.45, 2.75) is 19.4 Å². The summed E-state index contributed by atoms with van der Waals surface area (Å²) >= 11 is 5.89. The number of amides is 2. The van der Waals surface area contributed by atoms with Crippen molar-refractivity contribution in [2.75, 3.05) is 11.4 Å². The second-order valence-corrected chi connectivity index (χ2v) is 6.17. The van der Waals surface area contributed by atoms with Gasteiger partial charge in [0, 0.05) is 12.2 Å². The molecule has 6 heteroatoms. The highest BCUT2D eigenvalue weighted by Gasteiger charge is 2.34. The molecule has 1 aliphatic heterocycles. The molecule has 0 unspecified atom stereocenters. The number of nitrogens with one attached hydrogen (secondary N) is 1. The number of nitrogens with zero attached hydrogens (tertiary/aromatic N) is 1. The molecule has 1 atom stereocenters. The molecule has 0 radical (unpaired) electrons. The number of hydrogen-bond acceptors (Lipinski definition) is 2. The monoisotopic (exact) mass is 346 g/mol. The van der Waals surface area contributed by atoms with Gasteiger partial charge in [0.1, 0.15) is 11.9 Å². The van der Waals surface area contributed by atoms with E-state index >= 15 is 0 Å². The van der Waals surface area contributed by atoms with E-state index in [2.05, 4.69) is 5.32 Å². The highest BCUT2D eigenvalue weighted by atomic mass is 35.5. The van der Waals surface area contributed by atoms with Gasteiger partial charge in [-0.25, -0.2) is 4.39 Å². The first-order chi connectivity index (χ1) is 11.5. The Morgan fingerprint density at radius 3 is 2.62 bits per heavy atom. The average molecular weight is 347 g/mol. The molecular formula is C18H16ClFN2O2. The summed E-state index contributed by atoms with van der Waals surface area (Å²) in [6.07, 6.45) is 0.511. The lowest BCUT2D eigenvalue weighted by Gasteiger charge is -2.17. The Kier molecular flexibility index (Phi) is 4.53. The van der Waals surface area contributed by atoms with Crippen LogP contribution in [0.2, 0.25) is 5.02 Å². The highest BCUT2D eigenvalue weighted by Crippen LogP contribution is 2.23. The quantitative estimate of drug-likeness (QED) is 0.926. The minimum atomic E-state index is -0.611. The Balaban J connectivity index is 1.71. The number of carbonyl (C=O) groups excluding carboxylic acids is 2. The van der Waals surface area contributed by atoms with E-state index < -0.39 is 17.8 Å². The largest absolute Gasteiger partial charge is 0.340 e. The van der Waals surface area contributed by atoms with E-state index in [4.69, 9.17) is 11.6 Å². The lowest BCUT2D eigenvalue weighted by molar-refractivity contribution is -0.118. The molecule has 124 valence electrons. The Morgan fingerprint density at radius 1 is 1.25 bits per heavy atom. The molecule has 0 aromatic heterocycles. The van der Waals surface area contributed by atoms with Crippen LogP contribution < -0.4 is 10.2 Å². The maximum Gasteiger partial charge on any atom is 0.253 e. The Bertz CT molecular complexity index is 792. The first kappa shape index (κ1) is 16.5. The summed E-state index contributed by atoms with van der Waals surface area (Å²) in [7, 11) is 0. The second kappa shape index (κ2) is 6.61. The first-order valence-corrected chi connectivity index (χ1v) is 7.97. The van der Waals surface area contributed by atoms with E-state index in [1.54, 1.807) is 4.90 Å². The molecular weight excluding hydrogens is 331 g/mol. The van der Waals surface area contributed by atoms with Gasteiger partial charge >= 0.3 is 0 Å². The molecule has 1 fully saturated rings. The predicted molar refractivity (Wildman–Crippen MR) is 90.8 cm³/mol. The molecule has 0 saturated carbocycles. The summed E-state index contributed by atoms with van der Waals surface area (Å²) in [6.45, 7) is 2.51. The fraction of sp³-hybridized carbons (Fsp3) is 0.222. The van der Waals surface area contributed by atoms with Crippen LogP contribution in [0.4, 0.5) is 10.1 Å². The van der Waals surface area contributed by atoms with Crippen molar-refractivity contribution >= 4 is 29.1 Å². The van der Waals surface area contributed by atoms with Gasteiger partial charge in [-0.2, -0.15) is 0 Å². The number of anilines is 1. The summed E-state index contributed by atoms with van der Waals surface area (Å²) in [5.41, 5.74) is 2.07. The van der Waals surface area contributed by atoms with Crippen molar-refractivity contribution in [1.29, 1.82) is 0 Å². The topological polar surface area (TPSA) is 49.4 Å². The van der Waals surface area contributed by atoms with E-state index in [9.17, 15) is 14.0 Å². The van der Waals surface area contributed by atoms with Crippen molar-refractivity contribution in [3.63, 3.8) is 0 Å². The molecule has 1 aliphatic rings. The Hall–Kier alpha value is -2.40. The third-order valence-corrected chi connectivity index (χ3v) is 4.34. The molecule has 4 nitrogen and oxygen atoms in total. The summed E-state index contributed by atoms with van der Waals surface area (Å²) in [5.74, 6) is -1.16. The maximum atomic E-state index is 13.1. The molecule has 2 aromatic carbocycles. The second-order valence-electron chi connectivity index (χ2n) is 5.76. The van der Waals surface area contributed by atoms with E-state index in [1.165, 1.54) is 6.07 Å². The number of halogens is 2. The lowest BCUT2D eigenvalue weighted by Crippen LogP contribution is -2.41. The van der Waals surface area contributed by atoms with E-state index in [0.717, 1.165) is 23.4 Å². The lowest BCUT2D eigenvalue weighted by atomic mass is 10.1. The minimum Gasteiger partial charge on any atom is -0.340 e. The van der Waals surface area contributed by atoms with Gasteiger partial charge in [-0.3, -0.25) is 9.59 Å². The Morgan fingerprint density at radius 2 is 1.96 bits per heavy atom. The van der Waals surface area contributed by atoms with Gasteiger partial charge in [0.15, 0.2) is 0 Å². The zero-order valence-electron chi connectivity index (χ0n) is 13.1. The molecule has 3 rings (SSSR count). The van der Waals surface area contributed by atoms with Gasteiger partial charge in [0.2, 0.25) is 5.91 Å². The van der Waals surface area contributed by atoms with Crippen LogP contribution in [0.1, 0.15) is 22.3 Å². The van der Waals surface area contributed by atoms with E-state index in [1.807, 2.05) is 31.2 Å². The third-order valence-electron chi connectivity index (χ3n) is 4.03. The number of rotatable bonds is 3. The van der Waals surface area contributed by atoms with Crippen molar-refractivity contribution < 1.29 is 14.0 Å². The molecule has 0 spiro atoms. The fourth-order valence-corrected chi connectivity index (χ4v) is 2.96. The number of carbonyl (C=O) groups is 2.